The number of ether oxygens (including phenoxy) is 2. The second-order valence-electron chi connectivity index (χ2n) is 16.1. The van der Waals surface area contributed by atoms with Crippen molar-refractivity contribution >= 4 is 101 Å². The van der Waals surface area contributed by atoms with Crippen molar-refractivity contribution in [2.24, 2.45) is 0 Å². The number of carbonyl (C=O) groups is 2. The van der Waals surface area contributed by atoms with Crippen molar-refractivity contribution < 1.29 is 19.1 Å². The number of nitrogens with zero attached hydrogens (tertiary/aromatic N) is 6. The van der Waals surface area contributed by atoms with Gasteiger partial charge in [0.05, 0.1) is 33.1 Å². The molecule has 10 aromatic rings. The molecule has 0 radical (unpaired) electrons. The van der Waals surface area contributed by atoms with Gasteiger partial charge in [0, 0.05) is 41.4 Å². The van der Waals surface area contributed by atoms with Crippen LogP contribution in [0, 0.1) is 0 Å². The molecule has 10 nitrogen and oxygen atoms in total. The molecule has 0 saturated carbocycles. The summed E-state index contributed by atoms with van der Waals surface area (Å²) in [5.74, 6) is 0. The smallest absolute Gasteiger partial charge is 0.420 e. The van der Waals surface area contributed by atoms with Gasteiger partial charge in [-0.1, -0.05) is 60.7 Å². The molecule has 6 heterocycles. The van der Waals surface area contributed by atoms with Crippen LogP contribution in [0.4, 0.5) is 9.59 Å². The summed E-state index contributed by atoms with van der Waals surface area (Å²) in [5, 5.41) is 1.67. The Morgan fingerprint density at radius 2 is 0.862 bits per heavy atom. The summed E-state index contributed by atoms with van der Waals surface area (Å²) in [6, 6.07) is 35.8. The van der Waals surface area contributed by atoms with Crippen molar-refractivity contribution in [3.8, 4) is 30.6 Å². The van der Waals surface area contributed by atoms with Crippen molar-refractivity contribution in [1.82, 2.24) is 29.1 Å². The van der Waals surface area contributed by atoms with Crippen LogP contribution < -0.4 is 0 Å². The Kier molecular flexibility index (Phi) is 8.05. The van der Waals surface area contributed by atoms with Gasteiger partial charge >= 0.3 is 12.2 Å². The van der Waals surface area contributed by atoms with E-state index in [1.54, 1.807) is 22.7 Å². The molecule has 4 aromatic carbocycles. The van der Waals surface area contributed by atoms with Gasteiger partial charge in [-0.3, -0.25) is 0 Å². The fourth-order valence-electron chi connectivity index (χ4n) is 7.39. The lowest BCUT2D eigenvalue weighted by molar-refractivity contribution is 0.0539. The number of rotatable bonds is 3. The van der Waals surface area contributed by atoms with Crippen LogP contribution >= 0.6 is 22.7 Å². The van der Waals surface area contributed by atoms with Gasteiger partial charge in [0.25, 0.3) is 0 Å². The predicted octanol–water partition coefficient (Wildman–Crippen LogP) is 12.5. The molecular formula is C46H36N6O4S2. The molecule has 0 N–H and O–H groups in total. The zero-order chi connectivity index (χ0) is 40.1. The molecule has 286 valence electrons. The molecular weight excluding hydrogens is 765 g/mol. The molecule has 0 aliphatic rings. The lowest BCUT2D eigenvalue weighted by Gasteiger charge is -2.20. The van der Waals surface area contributed by atoms with E-state index in [-0.39, 0.29) is 0 Å². The van der Waals surface area contributed by atoms with Gasteiger partial charge in [-0.05, 0) is 90.1 Å². The van der Waals surface area contributed by atoms with Crippen LogP contribution in [0.25, 0.3) is 96.8 Å². The van der Waals surface area contributed by atoms with Crippen molar-refractivity contribution in [2.75, 3.05) is 0 Å². The van der Waals surface area contributed by atoms with E-state index in [0.29, 0.717) is 44.4 Å². The van der Waals surface area contributed by atoms with E-state index in [0.717, 1.165) is 52.4 Å². The molecule has 0 spiro atoms. The third-order valence-electron chi connectivity index (χ3n) is 9.71. The lowest BCUT2D eigenvalue weighted by atomic mass is 10.1. The third-order valence-corrected chi connectivity index (χ3v) is 12.1. The highest BCUT2D eigenvalue weighted by molar-refractivity contribution is 7.25. The summed E-state index contributed by atoms with van der Waals surface area (Å²) >= 11 is 3.34. The van der Waals surface area contributed by atoms with Crippen LogP contribution in [0.2, 0.25) is 0 Å². The van der Waals surface area contributed by atoms with Crippen molar-refractivity contribution in [3.63, 3.8) is 0 Å². The SMILES string of the molecule is CC(C)(C)OC(=O)n1c2ccccc2c2nc3cccc(-c4ccc(-c5ccc(-c6cccc7nc8c9ccccc9n(C(=O)OC(C)(C)C)c8nc67)s5)s4)c3nc21. The molecule has 0 bridgehead atoms. The van der Waals surface area contributed by atoms with Gasteiger partial charge in [-0.15, -0.1) is 22.7 Å². The Balaban J connectivity index is 1.05. The average Bonchev–Trinajstić information content (AvgIpc) is 3.98. The summed E-state index contributed by atoms with van der Waals surface area (Å²) in [5.41, 5.74) is 6.96. The molecule has 12 heteroatoms. The molecule has 58 heavy (non-hydrogen) atoms. The van der Waals surface area contributed by atoms with E-state index in [1.807, 2.05) is 126 Å². The van der Waals surface area contributed by atoms with Crippen molar-refractivity contribution in [3.05, 3.63) is 109 Å². The normalized spacial score (nSPS) is 12.4. The van der Waals surface area contributed by atoms with Gasteiger partial charge < -0.3 is 9.47 Å². The summed E-state index contributed by atoms with van der Waals surface area (Å²) in [7, 11) is 0. The van der Waals surface area contributed by atoms with Crippen LogP contribution in [-0.2, 0) is 9.47 Å². The first kappa shape index (κ1) is 35.9. The first-order valence-electron chi connectivity index (χ1n) is 18.9. The third kappa shape index (κ3) is 5.98. The van der Waals surface area contributed by atoms with Crippen LogP contribution in [0.3, 0.4) is 0 Å². The lowest BCUT2D eigenvalue weighted by Crippen LogP contribution is -2.27. The number of aromatic nitrogens is 6. The van der Waals surface area contributed by atoms with Gasteiger partial charge in [-0.25, -0.2) is 38.7 Å². The quantitative estimate of drug-likeness (QED) is 0.173. The molecule has 6 aromatic heterocycles. The van der Waals surface area contributed by atoms with E-state index in [4.69, 9.17) is 29.4 Å². The van der Waals surface area contributed by atoms with Crippen LogP contribution in [-0.4, -0.2) is 52.5 Å². The van der Waals surface area contributed by atoms with E-state index < -0.39 is 23.4 Å². The Bertz CT molecular complexity index is 3100. The maximum absolute atomic E-state index is 13.6. The molecule has 0 fully saturated rings. The second kappa shape index (κ2) is 13.0. The summed E-state index contributed by atoms with van der Waals surface area (Å²) in [6.07, 6.45) is -0.993. The summed E-state index contributed by atoms with van der Waals surface area (Å²) < 4.78 is 14.7. The predicted molar refractivity (Wildman–Crippen MR) is 234 cm³/mol. The highest BCUT2D eigenvalue weighted by Gasteiger charge is 2.27. The summed E-state index contributed by atoms with van der Waals surface area (Å²) in [6.45, 7) is 11.1. The Morgan fingerprint density at radius 1 is 0.466 bits per heavy atom. The number of para-hydroxylation sites is 4. The van der Waals surface area contributed by atoms with E-state index >= 15 is 0 Å². The topological polar surface area (TPSA) is 114 Å². The molecule has 10 rings (SSSR count). The minimum absolute atomic E-state index is 0.456. The van der Waals surface area contributed by atoms with Gasteiger partial charge in [0.15, 0.2) is 11.3 Å². The Hall–Kier alpha value is -6.50. The van der Waals surface area contributed by atoms with Crippen molar-refractivity contribution in [2.45, 2.75) is 52.7 Å². The number of carbonyl (C=O) groups excluding carboxylic acids is 2. The first-order chi connectivity index (χ1) is 27.8. The maximum Gasteiger partial charge on any atom is 0.420 e. The average molecular weight is 801 g/mol. The molecule has 0 amide bonds. The Morgan fingerprint density at radius 3 is 1.28 bits per heavy atom. The minimum atomic E-state index is -0.685. The van der Waals surface area contributed by atoms with E-state index in [2.05, 4.69) is 24.3 Å². The van der Waals surface area contributed by atoms with Crippen LogP contribution in [0.1, 0.15) is 41.5 Å². The van der Waals surface area contributed by atoms with Crippen LogP contribution in [0.5, 0.6) is 0 Å². The highest BCUT2D eigenvalue weighted by atomic mass is 32.1. The minimum Gasteiger partial charge on any atom is -0.443 e. The molecule has 0 unspecified atom stereocenters. The second-order valence-corrected chi connectivity index (χ2v) is 18.3. The number of fused-ring (bicyclic) bond motifs is 8. The number of benzene rings is 4. The molecule has 0 saturated heterocycles. The monoisotopic (exact) mass is 800 g/mol. The van der Waals surface area contributed by atoms with Crippen LogP contribution in [0.15, 0.2) is 109 Å². The fraction of sp³-hybridized carbons (Fsp3) is 0.174. The highest BCUT2D eigenvalue weighted by Crippen LogP contribution is 2.43. The van der Waals surface area contributed by atoms with Gasteiger partial charge in [0.2, 0.25) is 0 Å². The standard InChI is InChI=1S/C46H36N6O4S2/c1-45(2,3)55-43(53)51-31-19-9-7-13-25(31)39-41(51)49-37-27(15-11-17-29(37)47-39)33-21-23-35(57-33)36-24-22-34(58-36)28-16-12-18-30-38(28)50-42-40(48-30)26-14-8-10-20-32(26)52(42)44(54)56-46(4,5)6/h7-24H,1-6H3. The van der Waals surface area contributed by atoms with Crippen molar-refractivity contribution in [1.29, 1.82) is 0 Å². The number of thiophene rings is 2. The maximum atomic E-state index is 13.6. The van der Waals surface area contributed by atoms with E-state index in [9.17, 15) is 9.59 Å². The van der Waals surface area contributed by atoms with Gasteiger partial charge in [-0.2, -0.15) is 0 Å². The van der Waals surface area contributed by atoms with Gasteiger partial charge in [0.1, 0.15) is 22.2 Å². The zero-order valence-electron chi connectivity index (χ0n) is 32.5. The molecule has 0 aliphatic heterocycles. The first-order valence-corrected chi connectivity index (χ1v) is 20.5. The van der Waals surface area contributed by atoms with E-state index in [1.165, 1.54) is 9.13 Å². The summed E-state index contributed by atoms with van der Waals surface area (Å²) in [4.78, 5) is 51.8. The molecule has 0 atom stereocenters. The fourth-order valence-corrected chi connectivity index (χ4v) is 9.54. The Labute approximate surface area is 340 Å². The molecule has 0 aliphatic carbocycles. The zero-order valence-corrected chi connectivity index (χ0v) is 34.2. The largest absolute Gasteiger partial charge is 0.443 e. The number of hydrogen-bond acceptors (Lipinski definition) is 10. The number of hydrogen-bond donors (Lipinski definition) is 0.